The third-order valence-electron chi connectivity index (χ3n) is 3.88. The maximum absolute atomic E-state index is 5.27. The van der Waals surface area contributed by atoms with Gasteiger partial charge >= 0.3 is 0 Å². The zero-order valence-electron chi connectivity index (χ0n) is 12.2. The summed E-state index contributed by atoms with van der Waals surface area (Å²) in [7, 11) is 1.69. The first-order chi connectivity index (χ1) is 9.67. The van der Waals surface area contributed by atoms with Gasteiger partial charge in [-0.25, -0.2) is 4.98 Å². The molecule has 0 atom stereocenters. The van der Waals surface area contributed by atoms with Gasteiger partial charge < -0.3 is 4.74 Å². The summed E-state index contributed by atoms with van der Waals surface area (Å²) in [6.45, 7) is 6.78. The summed E-state index contributed by atoms with van der Waals surface area (Å²) >= 11 is 1.78. The molecule has 1 aromatic carbocycles. The zero-order chi connectivity index (χ0) is 14.1. The van der Waals surface area contributed by atoms with Crippen LogP contribution in [0.15, 0.2) is 29.6 Å². The molecule has 0 bridgehead atoms. The third-order valence-corrected chi connectivity index (χ3v) is 4.88. The fraction of sp³-hybridized carbons (Fsp3) is 0.438. The molecule has 1 aromatic heterocycles. The molecule has 2 aromatic rings. The van der Waals surface area contributed by atoms with Gasteiger partial charge in [0.25, 0.3) is 0 Å². The average molecular weight is 288 g/mol. The van der Waals surface area contributed by atoms with Crippen molar-refractivity contribution in [3.05, 3.63) is 34.7 Å². The van der Waals surface area contributed by atoms with Crippen molar-refractivity contribution in [2.75, 3.05) is 20.2 Å². The van der Waals surface area contributed by atoms with E-state index in [1.165, 1.54) is 5.01 Å². The lowest BCUT2D eigenvalue weighted by Gasteiger charge is -2.41. The molecule has 0 radical (unpaired) electrons. The molecule has 0 N–H and O–H groups in total. The van der Waals surface area contributed by atoms with E-state index in [4.69, 9.17) is 9.72 Å². The predicted octanol–water partition coefficient (Wildman–Crippen LogP) is 3.63. The summed E-state index contributed by atoms with van der Waals surface area (Å²) in [6.07, 6.45) is 0. The van der Waals surface area contributed by atoms with E-state index in [0.717, 1.165) is 30.1 Å². The summed E-state index contributed by atoms with van der Waals surface area (Å²) in [5.41, 5.74) is 2.19. The number of hydrogen-bond donors (Lipinski definition) is 0. The Bertz CT molecular complexity index is 588. The molecule has 0 spiro atoms. The van der Waals surface area contributed by atoms with Crippen molar-refractivity contribution in [3.8, 4) is 17.0 Å². The molecule has 0 aliphatic carbocycles. The number of rotatable bonds is 4. The number of nitrogens with zero attached hydrogens (tertiary/aromatic N) is 2. The van der Waals surface area contributed by atoms with Gasteiger partial charge in [-0.1, -0.05) is 12.1 Å². The van der Waals surface area contributed by atoms with E-state index in [2.05, 4.69) is 30.2 Å². The quantitative estimate of drug-likeness (QED) is 0.859. The summed E-state index contributed by atoms with van der Waals surface area (Å²) in [6, 6.07) is 8.74. The van der Waals surface area contributed by atoms with Gasteiger partial charge in [0.2, 0.25) is 0 Å². The van der Waals surface area contributed by atoms with Crippen LogP contribution in [0, 0.1) is 0 Å². The van der Waals surface area contributed by atoms with E-state index in [1.54, 1.807) is 18.4 Å². The van der Waals surface area contributed by atoms with E-state index in [1.807, 2.05) is 18.2 Å². The lowest BCUT2D eigenvalue weighted by atomic mass is 9.99. The number of thiazole rings is 1. The highest BCUT2D eigenvalue weighted by Gasteiger charge is 2.31. The predicted molar refractivity (Wildman–Crippen MR) is 83.6 cm³/mol. The Hall–Kier alpha value is -1.39. The molecule has 1 fully saturated rings. The Morgan fingerprint density at radius 3 is 2.85 bits per heavy atom. The van der Waals surface area contributed by atoms with Gasteiger partial charge in [-0.3, -0.25) is 4.90 Å². The van der Waals surface area contributed by atoms with E-state index in [9.17, 15) is 0 Å². The SMILES string of the molecule is COc1cccc(-c2csc(C3CN(C(C)C)C3)n2)c1. The molecule has 4 heteroatoms. The Kier molecular flexibility index (Phi) is 3.76. The topological polar surface area (TPSA) is 25.4 Å². The lowest BCUT2D eigenvalue weighted by molar-refractivity contribution is 0.110. The molecule has 0 unspecified atom stereocenters. The third kappa shape index (κ3) is 2.58. The highest BCUT2D eigenvalue weighted by atomic mass is 32.1. The van der Waals surface area contributed by atoms with Crippen LogP contribution < -0.4 is 4.74 Å². The fourth-order valence-corrected chi connectivity index (χ4v) is 3.39. The van der Waals surface area contributed by atoms with E-state index >= 15 is 0 Å². The standard InChI is InChI=1S/C16H20N2OS/c1-11(2)18-8-13(9-18)16-17-15(10-20-16)12-5-4-6-14(7-12)19-3/h4-7,10-11,13H,8-9H2,1-3H3. The molecular weight excluding hydrogens is 268 g/mol. The van der Waals surface area contributed by atoms with Crippen LogP contribution in [0.4, 0.5) is 0 Å². The maximum atomic E-state index is 5.27. The minimum absolute atomic E-state index is 0.613. The second kappa shape index (κ2) is 5.54. The summed E-state index contributed by atoms with van der Waals surface area (Å²) < 4.78 is 5.27. The minimum Gasteiger partial charge on any atom is -0.497 e. The molecule has 2 heterocycles. The van der Waals surface area contributed by atoms with Crippen LogP contribution >= 0.6 is 11.3 Å². The number of likely N-dealkylation sites (tertiary alicyclic amines) is 1. The van der Waals surface area contributed by atoms with E-state index in [-0.39, 0.29) is 0 Å². The van der Waals surface area contributed by atoms with Crippen LogP contribution in [0.3, 0.4) is 0 Å². The van der Waals surface area contributed by atoms with Crippen LogP contribution in [0.2, 0.25) is 0 Å². The number of hydrogen-bond acceptors (Lipinski definition) is 4. The molecule has 3 rings (SSSR count). The second-order valence-corrected chi connectivity index (χ2v) is 6.44. The Balaban J connectivity index is 1.74. The lowest BCUT2D eigenvalue weighted by Crippen LogP contribution is -2.48. The molecule has 1 aliphatic rings. The van der Waals surface area contributed by atoms with E-state index in [0.29, 0.717) is 12.0 Å². The van der Waals surface area contributed by atoms with Gasteiger partial charge in [0.05, 0.1) is 17.8 Å². The normalized spacial score (nSPS) is 16.4. The summed E-state index contributed by atoms with van der Waals surface area (Å²) in [4.78, 5) is 7.29. The fourth-order valence-electron chi connectivity index (χ4n) is 2.48. The Labute approximate surface area is 124 Å². The highest BCUT2D eigenvalue weighted by Crippen LogP contribution is 2.33. The van der Waals surface area contributed by atoms with Crippen molar-refractivity contribution >= 4 is 11.3 Å². The molecule has 0 saturated carbocycles. The number of aromatic nitrogens is 1. The molecule has 1 aliphatic heterocycles. The number of ether oxygens (including phenoxy) is 1. The van der Waals surface area contributed by atoms with Crippen molar-refractivity contribution in [1.29, 1.82) is 0 Å². The molecule has 106 valence electrons. The van der Waals surface area contributed by atoms with Crippen molar-refractivity contribution in [2.45, 2.75) is 25.8 Å². The zero-order valence-corrected chi connectivity index (χ0v) is 13.0. The first-order valence-electron chi connectivity index (χ1n) is 7.01. The highest BCUT2D eigenvalue weighted by molar-refractivity contribution is 7.10. The van der Waals surface area contributed by atoms with Crippen molar-refractivity contribution in [3.63, 3.8) is 0 Å². The van der Waals surface area contributed by atoms with Crippen LogP contribution in [0.25, 0.3) is 11.3 Å². The van der Waals surface area contributed by atoms with Gasteiger partial charge in [0.1, 0.15) is 5.75 Å². The maximum Gasteiger partial charge on any atom is 0.119 e. The smallest absolute Gasteiger partial charge is 0.119 e. The average Bonchev–Trinajstić information content (AvgIpc) is 2.86. The monoisotopic (exact) mass is 288 g/mol. The van der Waals surface area contributed by atoms with Crippen LogP contribution in [0.1, 0.15) is 24.8 Å². The molecule has 0 amide bonds. The number of benzene rings is 1. The largest absolute Gasteiger partial charge is 0.497 e. The van der Waals surface area contributed by atoms with Gasteiger partial charge in [0.15, 0.2) is 0 Å². The van der Waals surface area contributed by atoms with Crippen molar-refractivity contribution in [2.24, 2.45) is 0 Å². The Morgan fingerprint density at radius 2 is 2.15 bits per heavy atom. The summed E-state index contributed by atoms with van der Waals surface area (Å²) in [5, 5.41) is 3.42. The van der Waals surface area contributed by atoms with Crippen LogP contribution in [0.5, 0.6) is 5.75 Å². The van der Waals surface area contributed by atoms with Gasteiger partial charge in [-0.05, 0) is 26.0 Å². The summed E-state index contributed by atoms with van der Waals surface area (Å²) in [5.74, 6) is 1.49. The van der Waals surface area contributed by atoms with Crippen LogP contribution in [-0.4, -0.2) is 36.1 Å². The molecule has 3 nitrogen and oxygen atoms in total. The molecule has 1 saturated heterocycles. The second-order valence-electron chi connectivity index (χ2n) is 5.55. The van der Waals surface area contributed by atoms with E-state index < -0.39 is 0 Å². The first kappa shape index (κ1) is 13.6. The van der Waals surface area contributed by atoms with Crippen molar-refractivity contribution in [1.82, 2.24) is 9.88 Å². The first-order valence-corrected chi connectivity index (χ1v) is 7.89. The van der Waals surface area contributed by atoms with Gasteiger partial charge in [-0.2, -0.15) is 0 Å². The number of methoxy groups -OCH3 is 1. The minimum atomic E-state index is 0.613. The molecule has 20 heavy (non-hydrogen) atoms. The van der Waals surface area contributed by atoms with Crippen LogP contribution in [-0.2, 0) is 0 Å². The van der Waals surface area contributed by atoms with Gasteiger partial charge in [0, 0.05) is 36.0 Å². The molecular formula is C16H20N2OS. The van der Waals surface area contributed by atoms with Crippen molar-refractivity contribution < 1.29 is 4.74 Å². The Morgan fingerprint density at radius 1 is 1.35 bits per heavy atom. The van der Waals surface area contributed by atoms with Gasteiger partial charge in [-0.15, -0.1) is 11.3 Å².